The van der Waals surface area contributed by atoms with Gasteiger partial charge < -0.3 is 20.5 Å². The van der Waals surface area contributed by atoms with E-state index in [2.05, 4.69) is 15.3 Å². The number of halogens is 1. The summed E-state index contributed by atoms with van der Waals surface area (Å²) in [5.74, 6) is 2.10. The van der Waals surface area contributed by atoms with Crippen LogP contribution in [0.5, 0.6) is 11.5 Å². The maximum absolute atomic E-state index is 6.24. The van der Waals surface area contributed by atoms with Crippen LogP contribution in [0.25, 0.3) is 0 Å². The molecule has 0 unspecified atom stereocenters. The van der Waals surface area contributed by atoms with Crippen molar-refractivity contribution in [2.45, 2.75) is 16.5 Å². The number of aromatic nitrogens is 2. The molecule has 132 valence electrons. The van der Waals surface area contributed by atoms with Crippen LogP contribution in [0, 0.1) is 0 Å². The third-order valence-corrected chi connectivity index (χ3v) is 5.05. The maximum Gasteiger partial charge on any atom is 0.231 e. The fourth-order valence-corrected chi connectivity index (χ4v) is 3.38. The van der Waals surface area contributed by atoms with Gasteiger partial charge in [-0.25, -0.2) is 9.97 Å². The van der Waals surface area contributed by atoms with Crippen LogP contribution in [0.15, 0.2) is 58.7 Å². The van der Waals surface area contributed by atoms with E-state index in [1.807, 2.05) is 42.5 Å². The first kappa shape index (κ1) is 16.8. The molecule has 2 heterocycles. The van der Waals surface area contributed by atoms with Crippen LogP contribution in [0.4, 0.5) is 11.5 Å². The SMILES string of the molecule is Nc1c(NCc2ccc3c(c2)OCO3)ncnc1Sc1ccc(Cl)cc1. The van der Waals surface area contributed by atoms with Gasteiger partial charge in [0.15, 0.2) is 17.3 Å². The predicted molar refractivity (Wildman–Crippen MR) is 102 cm³/mol. The number of hydrogen-bond donors (Lipinski definition) is 2. The topological polar surface area (TPSA) is 82.3 Å². The van der Waals surface area contributed by atoms with E-state index in [1.165, 1.54) is 18.1 Å². The standard InChI is InChI=1S/C18H15ClN4O2S/c19-12-2-4-13(5-3-12)26-18-16(20)17(22-9-23-18)21-8-11-1-6-14-15(7-11)25-10-24-14/h1-7,9H,8,10,20H2,(H,21,22,23). The Balaban J connectivity index is 1.47. The number of nitrogens with two attached hydrogens (primary N) is 1. The molecule has 3 N–H and O–H groups in total. The van der Waals surface area contributed by atoms with Gasteiger partial charge in [-0.3, -0.25) is 0 Å². The van der Waals surface area contributed by atoms with Crippen molar-refractivity contribution in [2.24, 2.45) is 0 Å². The minimum atomic E-state index is 0.260. The molecule has 0 amide bonds. The van der Waals surface area contributed by atoms with E-state index in [0.717, 1.165) is 22.0 Å². The molecule has 6 nitrogen and oxygen atoms in total. The summed E-state index contributed by atoms with van der Waals surface area (Å²) in [4.78, 5) is 9.52. The zero-order chi connectivity index (χ0) is 17.9. The zero-order valence-electron chi connectivity index (χ0n) is 13.6. The average Bonchev–Trinajstić information content (AvgIpc) is 3.12. The van der Waals surface area contributed by atoms with Crippen molar-refractivity contribution < 1.29 is 9.47 Å². The van der Waals surface area contributed by atoms with E-state index in [4.69, 9.17) is 26.8 Å². The van der Waals surface area contributed by atoms with E-state index < -0.39 is 0 Å². The van der Waals surface area contributed by atoms with Gasteiger partial charge in [0.2, 0.25) is 6.79 Å². The highest BCUT2D eigenvalue weighted by Crippen LogP contribution is 2.35. The summed E-state index contributed by atoms with van der Waals surface area (Å²) < 4.78 is 10.7. The van der Waals surface area contributed by atoms with Gasteiger partial charge in [0.1, 0.15) is 17.0 Å². The molecule has 0 spiro atoms. The van der Waals surface area contributed by atoms with Gasteiger partial charge in [-0.1, -0.05) is 29.4 Å². The number of benzene rings is 2. The molecule has 1 aliphatic heterocycles. The van der Waals surface area contributed by atoms with Gasteiger partial charge in [0, 0.05) is 16.5 Å². The van der Waals surface area contributed by atoms with Crippen molar-refractivity contribution in [1.29, 1.82) is 0 Å². The van der Waals surface area contributed by atoms with Gasteiger partial charge in [-0.2, -0.15) is 0 Å². The lowest BCUT2D eigenvalue weighted by Gasteiger charge is -2.11. The lowest BCUT2D eigenvalue weighted by atomic mass is 10.2. The van der Waals surface area contributed by atoms with Crippen LogP contribution >= 0.6 is 23.4 Å². The predicted octanol–water partition coefficient (Wildman–Crippen LogP) is 4.20. The van der Waals surface area contributed by atoms with Gasteiger partial charge >= 0.3 is 0 Å². The number of hydrogen-bond acceptors (Lipinski definition) is 7. The van der Waals surface area contributed by atoms with Gasteiger partial charge in [0.25, 0.3) is 0 Å². The molecule has 0 bridgehead atoms. The largest absolute Gasteiger partial charge is 0.454 e. The molecule has 0 saturated heterocycles. The molecule has 0 aliphatic carbocycles. The summed E-state index contributed by atoms with van der Waals surface area (Å²) in [6.07, 6.45) is 1.50. The third-order valence-electron chi connectivity index (χ3n) is 3.77. The summed E-state index contributed by atoms with van der Waals surface area (Å²) in [6.45, 7) is 0.819. The molecular formula is C18H15ClN4O2S. The Morgan fingerprint density at radius 1 is 1.08 bits per heavy atom. The molecule has 0 saturated carbocycles. The Hall–Kier alpha value is -2.64. The molecular weight excluding hydrogens is 372 g/mol. The summed E-state index contributed by atoms with van der Waals surface area (Å²) in [5, 5.41) is 4.63. The molecule has 3 aromatic rings. The fourth-order valence-electron chi connectivity index (χ4n) is 2.45. The number of nitrogens with one attached hydrogen (secondary N) is 1. The molecule has 0 radical (unpaired) electrons. The van der Waals surface area contributed by atoms with Crippen molar-refractivity contribution in [1.82, 2.24) is 9.97 Å². The van der Waals surface area contributed by atoms with Crippen molar-refractivity contribution in [3.05, 3.63) is 59.4 Å². The molecule has 0 atom stereocenters. The number of fused-ring (bicyclic) bond motifs is 1. The maximum atomic E-state index is 6.24. The van der Waals surface area contributed by atoms with Gasteiger partial charge in [-0.15, -0.1) is 0 Å². The fraction of sp³-hybridized carbons (Fsp3) is 0.111. The molecule has 1 aliphatic rings. The minimum Gasteiger partial charge on any atom is -0.454 e. The molecule has 26 heavy (non-hydrogen) atoms. The number of nitrogen functional groups attached to an aromatic ring is 1. The van der Waals surface area contributed by atoms with E-state index in [0.29, 0.717) is 28.1 Å². The molecule has 4 rings (SSSR count). The van der Waals surface area contributed by atoms with E-state index >= 15 is 0 Å². The van der Waals surface area contributed by atoms with Crippen molar-refractivity contribution in [3.63, 3.8) is 0 Å². The second kappa shape index (κ2) is 7.31. The minimum absolute atomic E-state index is 0.260. The molecule has 1 aromatic heterocycles. The van der Waals surface area contributed by atoms with Crippen molar-refractivity contribution >= 4 is 34.9 Å². The normalized spacial score (nSPS) is 12.2. The highest BCUT2D eigenvalue weighted by Gasteiger charge is 2.14. The van der Waals surface area contributed by atoms with Crippen molar-refractivity contribution in [2.75, 3.05) is 17.8 Å². The lowest BCUT2D eigenvalue weighted by molar-refractivity contribution is 0.174. The van der Waals surface area contributed by atoms with Crippen LogP contribution in [0.3, 0.4) is 0 Å². The number of rotatable bonds is 5. The Kier molecular flexibility index (Phi) is 4.73. The second-order valence-electron chi connectivity index (χ2n) is 5.54. The Morgan fingerprint density at radius 2 is 1.88 bits per heavy atom. The monoisotopic (exact) mass is 386 g/mol. The van der Waals surface area contributed by atoms with Gasteiger partial charge in [0.05, 0.1) is 0 Å². The third kappa shape index (κ3) is 3.63. The van der Waals surface area contributed by atoms with Crippen LogP contribution in [0.1, 0.15) is 5.56 Å². The summed E-state index contributed by atoms with van der Waals surface area (Å²) in [5.41, 5.74) is 7.78. The Labute approximate surface area is 159 Å². The number of anilines is 2. The number of ether oxygens (including phenoxy) is 2. The summed E-state index contributed by atoms with van der Waals surface area (Å²) in [7, 11) is 0. The smallest absolute Gasteiger partial charge is 0.231 e. The van der Waals surface area contributed by atoms with E-state index in [9.17, 15) is 0 Å². The van der Waals surface area contributed by atoms with E-state index in [1.54, 1.807) is 0 Å². The first-order valence-corrected chi connectivity index (χ1v) is 9.05. The lowest BCUT2D eigenvalue weighted by Crippen LogP contribution is -2.06. The van der Waals surface area contributed by atoms with Gasteiger partial charge in [-0.05, 0) is 42.0 Å². The van der Waals surface area contributed by atoms with E-state index in [-0.39, 0.29) is 6.79 Å². The highest BCUT2D eigenvalue weighted by molar-refractivity contribution is 7.99. The first-order chi connectivity index (χ1) is 12.7. The second-order valence-corrected chi connectivity index (χ2v) is 7.04. The van der Waals surface area contributed by atoms with Crippen molar-refractivity contribution in [3.8, 4) is 11.5 Å². The Bertz CT molecular complexity index is 937. The first-order valence-electron chi connectivity index (χ1n) is 7.85. The zero-order valence-corrected chi connectivity index (χ0v) is 15.2. The van der Waals surface area contributed by atoms with Crippen LogP contribution in [-0.2, 0) is 6.54 Å². The van der Waals surface area contributed by atoms with Crippen LogP contribution < -0.4 is 20.5 Å². The average molecular weight is 387 g/mol. The van der Waals surface area contributed by atoms with Crippen LogP contribution in [0.2, 0.25) is 5.02 Å². The molecule has 0 fully saturated rings. The summed E-state index contributed by atoms with van der Waals surface area (Å²) >= 11 is 7.38. The number of nitrogens with zero attached hydrogens (tertiary/aromatic N) is 2. The molecule has 2 aromatic carbocycles. The van der Waals surface area contributed by atoms with Crippen LogP contribution in [-0.4, -0.2) is 16.8 Å². The molecule has 8 heteroatoms. The quantitative estimate of drug-likeness (QED) is 0.635. The highest BCUT2D eigenvalue weighted by atomic mass is 35.5. The summed E-state index contributed by atoms with van der Waals surface area (Å²) in [6, 6.07) is 13.3. The Morgan fingerprint density at radius 3 is 2.73 bits per heavy atom.